The maximum absolute atomic E-state index is 6.59. The largest absolute Gasteiger partial charge is 0.491 e. The molecule has 0 bridgehead atoms. The van der Waals surface area contributed by atoms with Crippen molar-refractivity contribution in [2.24, 2.45) is 0 Å². The molecule has 1 saturated heterocycles. The van der Waals surface area contributed by atoms with Crippen molar-refractivity contribution in [2.45, 2.75) is 63.1 Å². The maximum atomic E-state index is 6.59. The molecule has 5 heteroatoms. The van der Waals surface area contributed by atoms with Crippen LogP contribution in [0.1, 0.15) is 44.1 Å². The minimum Gasteiger partial charge on any atom is -0.491 e. The van der Waals surface area contributed by atoms with Crippen LogP contribution in [0.15, 0.2) is 60.6 Å². The number of rotatable bonds is 5. The summed E-state index contributed by atoms with van der Waals surface area (Å²) in [6, 6.07) is 9.27. The molecule has 1 aliphatic carbocycles. The number of fused-ring (bicyclic) bond motifs is 1. The third-order valence-corrected chi connectivity index (χ3v) is 7.98. The molecule has 3 aliphatic heterocycles. The predicted octanol–water partition coefficient (Wildman–Crippen LogP) is 5.22. The third-order valence-electron chi connectivity index (χ3n) is 7.98. The van der Waals surface area contributed by atoms with Crippen LogP contribution in [0.3, 0.4) is 0 Å². The van der Waals surface area contributed by atoms with Crippen molar-refractivity contribution in [1.29, 1.82) is 0 Å². The maximum Gasteiger partial charge on any atom is 0.128 e. The minimum absolute atomic E-state index is 0.307. The summed E-state index contributed by atoms with van der Waals surface area (Å²) in [5, 5.41) is 0. The monoisotopic (exact) mass is 457 g/mol. The SMILES string of the molecule is CN1CCCC1C1=CN([C@@H]2COc3ccc(OC4CCCC4)c(-c4ccncc4)c3C2)CC=C1. The van der Waals surface area contributed by atoms with Crippen LogP contribution in [0.25, 0.3) is 11.1 Å². The average molecular weight is 458 g/mol. The lowest BCUT2D eigenvalue weighted by atomic mass is 9.91. The smallest absolute Gasteiger partial charge is 0.128 e. The van der Waals surface area contributed by atoms with Crippen molar-refractivity contribution in [2.75, 3.05) is 26.7 Å². The van der Waals surface area contributed by atoms with E-state index in [9.17, 15) is 0 Å². The highest BCUT2D eigenvalue weighted by Gasteiger charge is 2.31. The van der Waals surface area contributed by atoms with Gasteiger partial charge in [-0.25, -0.2) is 0 Å². The zero-order valence-electron chi connectivity index (χ0n) is 20.2. The van der Waals surface area contributed by atoms with Gasteiger partial charge in [0.25, 0.3) is 0 Å². The molecule has 1 aromatic heterocycles. The van der Waals surface area contributed by atoms with E-state index in [2.05, 4.69) is 64.4 Å². The second-order valence-corrected chi connectivity index (χ2v) is 10.2. The van der Waals surface area contributed by atoms with Gasteiger partial charge in [0.05, 0.1) is 12.1 Å². The minimum atomic E-state index is 0.307. The number of nitrogens with zero attached hydrogens (tertiary/aromatic N) is 3. The van der Waals surface area contributed by atoms with Crippen LogP contribution in [-0.2, 0) is 6.42 Å². The lowest BCUT2D eigenvalue weighted by Crippen LogP contribution is -2.42. The van der Waals surface area contributed by atoms with E-state index in [0.29, 0.717) is 24.8 Å². The first-order valence-electron chi connectivity index (χ1n) is 13.0. The van der Waals surface area contributed by atoms with Crippen LogP contribution < -0.4 is 9.47 Å². The Balaban J connectivity index is 1.32. The number of likely N-dealkylation sites (N-methyl/N-ethyl adjacent to an activating group) is 1. The number of ether oxygens (including phenoxy) is 2. The molecule has 5 nitrogen and oxygen atoms in total. The summed E-state index contributed by atoms with van der Waals surface area (Å²) in [4.78, 5) is 9.23. The highest BCUT2D eigenvalue weighted by atomic mass is 16.5. The van der Waals surface area contributed by atoms with Gasteiger partial charge < -0.3 is 14.4 Å². The van der Waals surface area contributed by atoms with Crippen molar-refractivity contribution in [1.82, 2.24) is 14.8 Å². The summed E-state index contributed by atoms with van der Waals surface area (Å²) in [6.07, 6.45) is 19.4. The molecular weight excluding hydrogens is 422 g/mol. The summed E-state index contributed by atoms with van der Waals surface area (Å²) >= 11 is 0. The normalized spacial score (nSPS) is 25.2. The summed E-state index contributed by atoms with van der Waals surface area (Å²) < 4.78 is 13.0. The zero-order valence-corrected chi connectivity index (χ0v) is 20.2. The molecule has 4 heterocycles. The van der Waals surface area contributed by atoms with Crippen molar-refractivity contribution in [3.8, 4) is 22.6 Å². The first kappa shape index (κ1) is 21.7. The summed E-state index contributed by atoms with van der Waals surface area (Å²) in [5.41, 5.74) is 5.04. The molecule has 1 saturated carbocycles. The topological polar surface area (TPSA) is 37.8 Å². The van der Waals surface area contributed by atoms with E-state index in [1.54, 1.807) is 0 Å². The first-order valence-corrected chi connectivity index (χ1v) is 13.0. The van der Waals surface area contributed by atoms with Crippen molar-refractivity contribution < 1.29 is 9.47 Å². The zero-order chi connectivity index (χ0) is 22.9. The quantitative estimate of drug-likeness (QED) is 0.615. The molecule has 2 atom stereocenters. The third kappa shape index (κ3) is 4.22. The highest BCUT2D eigenvalue weighted by molar-refractivity contribution is 5.76. The van der Waals surface area contributed by atoms with E-state index in [1.165, 1.54) is 48.9 Å². The molecular formula is C29H35N3O2. The van der Waals surface area contributed by atoms with Crippen molar-refractivity contribution >= 4 is 0 Å². The van der Waals surface area contributed by atoms with E-state index >= 15 is 0 Å². The second kappa shape index (κ2) is 9.46. The Morgan fingerprint density at radius 1 is 1.03 bits per heavy atom. The Morgan fingerprint density at radius 3 is 2.68 bits per heavy atom. The molecule has 178 valence electrons. The van der Waals surface area contributed by atoms with Gasteiger partial charge in [0, 0.05) is 48.7 Å². The molecule has 1 unspecified atom stereocenters. The Hall–Kier alpha value is -2.79. The van der Waals surface area contributed by atoms with Crippen molar-refractivity contribution in [3.63, 3.8) is 0 Å². The van der Waals surface area contributed by atoms with E-state index < -0.39 is 0 Å². The number of pyridine rings is 1. The van der Waals surface area contributed by atoms with Gasteiger partial charge in [0.1, 0.15) is 18.1 Å². The molecule has 4 aliphatic rings. The highest BCUT2D eigenvalue weighted by Crippen LogP contribution is 2.43. The molecule has 2 fully saturated rings. The van der Waals surface area contributed by atoms with Crippen LogP contribution in [0.2, 0.25) is 0 Å². The van der Waals surface area contributed by atoms with E-state index in [0.717, 1.165) is 42.9 Å². The van der Waals surface area contributed by atoms with E-state index in [1.807, 2.05) is 12.4 Å². The van der Waals surface area contributed by atoms with Crippen LogP contribution in [0, 0.1) is 0 Å². The molecule has 0 spiro atoms. The Labute approximate surface area is 203 Å². The van der Waals surface area contributed by atoms with Crippen LogP contribution in [0.4, 0.5) is 0 Å². The lowest BCUT2D eigenvalue weighted by Gasteiger charge is -2.37. The average Bonchev–Trinajstić information content (AvgIpc) is 3.56. The Morgan fingerprint density at radius 2 is 1.88 bits per heavy atom. The fraction of sp³-hybridized carbons (Fsp3) is 0.483. The summed E-state index contributed by atoms with van der Waals surface area (Å²) in [6.45, 7) is 2.84. The fourth-order valence-electron chi connectivity index (χ4n) is 6.14. The van der Waals surface area contributed by atoms with Gasteiger partial charge >= 0.3 is 0 Å². The number of aromatic nitrogens is 1. The van der Waals surface area contributed by atoms with Crippen molar-refractivity contribution in [3.05, 3.63) is 66.1 Å². The summed E-state index contributed by atoms with van der Waals surface area (Å²) in [7, 11) is 2.25. The molecule has 2 aromatic rings. The van der Waals surface area contributed by atoms with Gasteiger partial charge in [0.2, 0.25) is 0 Å². The van der Waals surface area contributed by atoms with Crippen LogP contribution >= 0.6 is 0 Å². The number of hydrogen-bond donors (Lipinski definition) is 0. The summed E-state index contributed by atoms with van der Waals surface area (Å²) in [5.74, 6) is 1.98. The lowest BCUT2D eigenvalue weighted by molar-refractivity contribution is 0.165. The van der Waals surface area contributed by atoms with Gasteiger partial charge in [0.15, 0.2) is 0 Å². The molecule has 34 heavy (non-hydrogen) atoms. The van der Waals surface area contributed by atoms with Crippen LogP contribution in [-0.4, -0.2) is 59.7 Å². The first-order chi connectivity index (χ1) is 16.8. The van der Waals surface area contributed by atoms with E-state index in [4.69, 9.17) is 9.47 Å². The molecule has 0 amide bonds. The van der Waals surface area contributed by atoms with Gasteiger partial charge in [-0.3, -0.25) is 9.88 Å². The van der Waals surface area contributed by atoms with Gasteiger partial charge in [-0.1, -0.05) is 12.2 Å². The van der Waals surface area contributed by atoms with E-state index in [-0.39, 0.29) is 0 Å². The number of likely N-dealkylation sites (tertiary alicyclic amines) is 1. The fourth-order valence-corrected chi connectivity index (χ4v) is 6.14. The van der Waals surface area contributed by atoms with Gasteiger partial charge in [-0.05, 0) is 87.5 Å². The number of benzene rings is 1. The molecule has 0 N–H and O–H groups in total. The Kier molecular flexibility index (Phi) is 6.04. The van der Waals surface area contributed by atoms with Crippen LogP contribution in [0.5, 0.6) is 11.5 Å². The van der Waals surface area contributed by atoms with Gasteiger partial charge in [-0.2, -0.15) is 0 Å². The Bertz CT molecular complexity index is 1070. The molecule has 0 radical (unpaired) electrons. The predicted molar refractivity (Wildman–Crippen MR) is 135 cm³/mol. The molecule has 1 aromatic carbocycles. The second-order valence-electron chi connectivity index (χ2n) is 10.2. The van der Waals surface area contributed by atoms with Gasteiger partial charge in [-0.15, -0.1) is 0 Å². The molecule has 6 rings (SSSR count). The number of hydrogen-bond acceptors (Lipinski definition) is 5. The standard InChI is InChI=1S/C29H35N3O2/c1-31-16-5-9-26(31)22-6-4-17-32(19-22)23-18-25-27(33-20-23)10-11-28(34-24-7-2-3-8-24)29(25)21-12-14-30-15-13-21/h4,6,10-15,19,23-24,26H,2-3,5,7-9,16-18,20H2,1H3/t23-,26?/m0/s1.